The van der Waals surface area contributed by atoms with E-state index in [1.165, 1.54) is 11.1 Å². The van der Waals surface area contributed by atoms with Gasteiger partial charge in [0.15, 0.2) is 0 Å². The Hall–Kier alpha value is -1.96. The average molecular weight is 211 g/mol. The predicted octanol–water partition coefficient (Wildman–Crippen LogP) is 3.11. The van der Waals surface area contributed by atoms with E-state index >= 15 is 0 Å². The van der Waals surface area contributed by atoms with Crippen molar-refractivity contribution in [3.05, 3.63) is 65.7 Å². The lowest BCUT2D eigenvalue weighted by Crippen LogP contribution is -2.17. The van der Waals surface area contributed by atoms with Crippen LogP contribution < -0.4 is 0 Å². The second kappa shape index (κ2) is 3.56. The van der Waals surface area contributed by atoms with Crippen molar-refractivity contribution in [3.63, 3.8) is 0 Å². The Morgan fingerprint density at radius 1 is 1.12 bits per heavy atom. The van der Waals surface area contributed by atoms with Crippen LogP contribution in [0.1, 0.15) is 16.9 Å². The predicted molar refractivity (Wildman–Crippen MR) is 63.7 cm³/mol. The maximum atomic E-state index is 5.48. The van der Waals surface area contributed by atoms with Crippen molar-refractivity contribution in [1.29, 1.82) is 0 Å². The molecule has 0 saturated heterocycles. The summed E-state index contributed by atoms with van der Waals surface area (Å²) >= 11 is 0. The van der Waals surface area contributed by atoms with Crippen molar-refractivity contribution in [2.45, 2.75) is 6.54 Å². The number of nitrogens with zero attached hydrogens (tertiary/aromatic N) is 1. The van der Waals surface area contributed by atoms with Crippen molar-refractivity contribution in [1.82, 2.24) is 4.90 Å². The summed E-state index contributed by atoms with van der Waals surface area (Å²) in [5.74, 6) is 0.930. The standard InChI is InChI=1S/C14H13NO/c1-15-9-11-5-2-3-6-12(11)13(10-15)14-7-4-8-16-14/h2-8,10H,9H2,1H3. The molecule has 0 aliphatic carbocycles. The first kappa shape index (κ1) is 9.28. The molecule has 80 valence electrons. The highest BCUT2D eigenvalue weighted by atomic mass is 16.3. The minimum Gasteiger partial charge on any atom is -0.464 e. The number of hydrogen-bond acceptors (Lipinski definition) is 2. The summed E-state index contributed by atoms with van der Waals surface area (Å²) in [7, 11) is 2.08. The molecule has 0 spiro atoms. The fraction of sp³-hybridized carbons (Fsp3) is 0.143. The Labute approximate surface area is 94.8 Å². The molecule has 3 rings (SSSR count). The highest BCUT2D eigenvalue weighted by molar-refractivity contribution is 5.79. The molecule has 0 fully saturated rings. The Morgan fingerprint density at radius 2 is 2.00 bits per heavy atom. The molecule has 1 aromatic heterocycles. The first-order valence-electron chi connectivity index (χ1n) is 5.39. The molecule has 2 heterocycles. The first-order valence-corrected chi connectivity index (χ1v) is 5.39. The Kier molecular flexibility index (Phi) is 2.07. The van der Waals surface area contributed by atoms with Crippen LogP contribution in [0.3, 0.4) is 0 Å². The van der Waals surface area contributed by atoms with Gasteiger partial charge in [0, 0.05) is 25.4 Å². The van der Waals surface area contributed by atoms with Gasteiger partial charge in [-0.2, -0.15) is 0 Å². The van der Waals surface area contributed by atoms with E-state index in [-0.39, 0.29) is 0 Å². The lowest BCUT2D eigenvalue weighted by atomic mass is 9.95. The van der Waals surface area contributed by atoms with Gasteiger partial charge in [0.1, 0.15) is 5.76 Å². The normalized spacial score (nSPS) is 14.6. The van der Waals surface area contributed by atoms with Crippen molar-refractivity contribution >= 4 is 5.57 Å². The summed E-state index contributed by atoms with van der Waals surface area (Å²) in [5, 5.41) is 0. The van der Waals surface area contributed by atoms with Gasteiger partial charge in [-0.3, -0.25) is 0 Å². The molecule has 2 heteroatoms. The number of furan rings is 1. The minimum atomic E-state index is 0.930. The third-order valence-electron chi connectivity index (χ3n) is 2.86. The van der Waals surface area contributed by atoms with Crippen LogP contribution in [0.25, 0.3) is 5.57 Å². The Balaban J connectivity index is 2.17. The van der Waals surface area contributed by atoms with E-state index in [2.05, 4.69) is 42.4 Å². The van der Waals surface area contributed by atoms with Crippen LogP contribution in [-0.2, 0) is 6.54 Å². The summed E-state index contributed by atoms with van der Waals surface area (Å²) < 4.78 is 5.48. The summed E-state index contributed by atoms with van der Waals surface area (Å²) in [6.45, 7) is 0.959. The zero-order valence-electron chi connectivity index (χ0n) is 9.18. The molecular weight excluding hydrogens is 198 g/mol. The molecule has 0 unspecified atom stereocenters. The molecular formula is C14H13NO. The summed E-state index contributed by atoms with van der Waals surface area (Å²) in [6, 6.07) is 12.4. The SMILES string of the molecule is CN1C=C(c2ccco2)c2ccccc2C1. The third-order valence-corrected chi connectivity index (χ3v) is 2.86. The average Bonchev–Trinajstić information content (AvgIpc) is 2.81. The largest absolute Gasteiger partial charge is 0.464 e. The van der Waals surface area contributed by atoms with E-state index in [4.69, 9.17) is 4.42 Å². The van der Waals surface area contributed by atoms with Crippen molar-refractivity contribution in [2.75, 3.05) is 7.05 Å². The van der Waals surface area contributed by atoms with E-state index in [9.17, 15) is 0 Å². The monoisotopic (exact) mass is 211 g/mol. The van der Waals surface area contributed by atoms with Crippen LogP contribution in [0.15, 0.2) is 53.3 Å². The van der Waals surface area contributed by atoms with Crippen LogP contribution in [0, 0.1) is 0 Å². The van der Waals surface area contributed by atoms with Crippen molar-refractivity contribution in [2.24, 2.45) is 0 Å². The van der Waals surface area contributed by atoms with Gasteiger partial charge in [-0.25, -0.2) is 0 Å². The van der Waals surface area contributed by atoms with Crippen LogP contribution in [0.5, 0.6) is 0 Å². The summed E-state index contributed by atoms with van der Waals surface area (Å²) in [6.07, 6.45) is 3.86. The van der Waals surface area contributed by atoms with E-state index in [1.54, 1.807) is 6.26 Å². The fourth-order valence-corrected chi connectivity index (χ4v) is 2.15. The lowest BCUT2D eigenvalue weighted by Gasteiger charge is -2.24. The van der Waals surface area contributed by atoms with E-state index < -0.39 is 0 Å². The highest BCUT2D eigenvalue weighted by Gasteiger charge is 2.17. The van der Waals surface area contributed by atoms with Crippen molar-refractivity contribution in [3.8, 4) is 0 Å². The molecule has 0 atom stereocenters. The van der Waals surface area contributed by atoms with Gasteiger partial charge in [-0.15, -0.1) is 0 Å². The van der Waals surface area contributed by atoms with Gasteiger partial charge >= 0.3 is 0 Å². The van der Waals surface area contributed by atoms with Gasteiger partial charge in [-0.05, 0) is 23.3 Å². The maximum Gasteiger partial charge on any atom is 0.135 e. The third kappa shape index (κ3) is 1.43. The first-order chi connectivity index (χ1) is 7.84. The van der Waals surface area contributed by atoms with E-state index in [0.717, 1.165) is 17.9 Å². The Bertz CT molecular complexity index is 525. The summed E-state index contributed by atoms with van der Waals surface area (Å²) in [5.41, 5.74) is 3.78. The van der Waals surface area contributed by atoms with Gasteiger partial charge in [0.05, 0.1) is 6.26 Å². The topological polar surface area (TPSA) is 16.4 Å². The highest BCUT2D eigenvalue weighted by Crippen LogP contribution is 2.31. The van der Waals surface area contributed by atoms with Crippen LogP contribution in [0.4, 0.5) is 0 Å². The molecule has 2 aromatic rings. The molecule has 0 saturated carbocycles. The van der Waals surface area contributed by atoms with Crippen LogP contribution in [-0.4, -0.2) is 11.9 Å². The number of rotatable bonds is 1. The fourth-order valence-electron chi connectivity index (χ4n) is 2.15. The number of fused-ring (bicyclic) bond motifs is 1. The molecule has 2 nitrogen and oxygen atoms in total. The van der Waals surface area contributed by atoms with Gasteiger partial charge in [0.25, 0.3) is 0 Å². The smallest absolute Gasteiger partial charge is 0.135 e. The molecule has 0 bridgehead atoms. The van der Waals surface area contributed by atoms with Gasteiger partial charge < -0.3 is 9.32 Å². The molecule has 0 amide bonds. The lowest BCUT2D eigenvalue weighted by molar-refractivity contribution is 0.442. The summed E-state index contributed by atoms with van der Waals surface area (Å²) in [4.78, 5) is 2.18. The quantitative estimate of drug-likeness (QED) is 0.720. The number of hydrogen-bond donors (Lipinski definition) is 0. The molecule has 1 aliphatic heterocycles. The van der Waals surface area contributed by atoms with Crippen LogP contribution >= 0.6 is 0 Å². The van der Waals surface area contributed by atoms with Crippen LogP contribution in [0.2, 0.25) is 0 Å². The zero-order valence-corrected chi connectivity index (χ0v) is 9.18. The van der Waals surface area contributed by atoms with E-state index in [0.29, 0.717) is 0 Å². The van der Waals surface area contributed by atoms with Gasteiger partial charge in [0.2, 0.25) is 0 Å². The van der Waals surface area contributed by atoms with Gasteiger partial charge in [-0.1, -0.05) is 24.3 Å². The molecule has 0 N–H and O–H groups in total. The molecule has 0 radical (unpaired) electrons. The molecule has 1 aromatic carbocycles. The second-order valence-corrected chi connectivity index (χ2v) is 4.09. The second-order valence-electron chi connectivity index (χ2n) is 4.09. The maximum absolute atomic E-state index is 5.48. The molecule has 1 aliphatic rings. The minimum absolute atomic E-state index is 0.930. The zero-order chi connectivity index (χ0) is 11.0. The number of benzene rings is 1. The Morgan fingerprint density at radius 3 is 2.81 bits per heavy atom. The molecule has 16 heavy (non-hydrogen) atoms. The van der Waals surface area contributed by atoms with Crippen molar-refractivity contribution < 1.29 is 4.42 Å². The van der Waals surface area contributed by atoms with E-state index in [1.807, 2.05) is 12.1 Å².